The third kappa shape index (κ3) is 2.38. The second-order valence-corrected chi connectivity index (χ2v) is 4.64. The van der Waals surface area contributed by atoms with Crippen molar-refractivity contribution in [1.29, 1.82) is 5.26 Å². The maximum absolute atomic E-state index is 14.1. The molecule has 3 rings (SSSR count). The van der Waals surface area contributed by atoms with E-state index in [0.29, 0.717) is 16.8 Å². The van der Waals surface area contributed by atoms with E-state index in [1.54, 1.807) is 48.8 Å². The molecule has 22 heavy (non-hydrogen) atoms. The Balaban J connectivity index is 2.32. The highest BCUT2D eigenvalue weighted by atomic mass is 19.1. The number of halogens is 1. The fourth-order valence-corrected chi connectivity index (χ4v) is 2.23. The standard InChI is InChI=1S/C17H11FN4/c18-15-4-2-1-3-13(15)16-14(11-5-7-21-8-6-11)9-12(10-19)17(20)22-16/h1-9H,(H2,20,22). The highest BCUT2D eigenvalue weighted by Gasteiger charge is 2.16. The van der Waals surface area contributed by atoms with Crippen molar-refractivity contribution in [2.24, 2.45) is 0 Å². The number of nitriles is 1. The van der Waals surface area contributed by atoms with Crippen molar-refractivity contribution in [2.45, 2.75) is 0 Å². The predicted molar refractivity (Wildman–Crippen MR) is 82.0 cm³/mol. The summed E-state index contributed by atoms with van der Waals surface area (Å²) in [6.07, 6.45) is 3.26. The van der Waals surface area contributed by atoms with Crippen LogP contribution < -0.4 is 5.73 Å². The molecule has 0 radical (unpaired) electrons. The number of nitrogen functional groups attached to an aromatic ring is 1. The van der Waals surface area contributed by atoms with Gasteiger partial charge >= 0.3 is 0 Å². The monoisotopic (exact) mass is 290 g/mol. The van der Waals surface area contributed by atoms with Crippen molar-refractivity contribution in [2.75, 3.05) is 5.73 Å². The van der Waals surface area contributed by atoms with Gasteiger partial charge in [0.15, 0.2) is 0 Å². The summed E-state index contributed by atoms with van der Waals surface area (Å²) in [7, 11) is 0. The Hall–Kier alpha value is -3.26. The van der Waals surface area contributed by atoms with Crippen molar-refractivity contribution in [3.63, 3.8) is 0 Å². The minimum absolute atomic E-state index is 0.0820. The third-order valence-corrected chi connectivity index (χ3v) is 3.29. The SMILES string of the molecule is N#Cc1cc(-c2ccncc2)c(-c2ccccc2F)nc1N. The number of anilines is 1. The fraction of sp³-hybridized carbons (Fsp3) is 0. The zero-order valence-electron chi connectivity index (χ0n) is 11.5. The highest BCUT2D eigenvalue weighted by Crippen LogP contribution is 2.33. The van der Waals surface area contributed by atoms with Crippen LogP contribution in [0.2, 0.25) is 0 Å². The number of benzene rings is 1. The van der Waals surface area contributed by atoms with Crippen LogP contribution >= 0.6 is 0 Å². The molecule has 0 saturated heterocycles. The van der Waals surface area contributed by atoms with E-state index < -0.39 is 5.82 Å². The maximum atomic E-state index is 14.1. The van der Waals surface area contributed by atoms with Crippen LogP contribution in [0.15, 0.2) is 54.9 Å². The van der Waals surface area contributed by atoms with E-state index in [9.17, 15) is 4.39 Å². The molecule has 106 valence electrons. The normalized spacial score (nSPS) is 10.2. The van der Waals surface area contributed by atoms with Crippen LogP contribution in [0.1, 0.15) is 5.56 Å². The summed E-state index contributed by atoms with van der Waals surface area (Å²) in [5, 5.41) is 9.15. The number of rotatable bonds is 2. The van der Waals surface area contributed by atoms with Crippen LogP contribution in [0, 0.1) is 17.1 Å². The van der Waals surface area contributed by atoms with Gasteiger partial charge in [-0.25, -0.2) is 9.37 Å². The number of hydrogen-bond acceptors (Lipinski definition) is 4. The van der Waals surface area contributed by atoms with Crippen LogP contribution in [-0.2, 0) is 0 Å². The van der Waals surface area contributed by atoms with Gasteiger partial charge in [0.25, 0.3) is 0 Å². The lowest BCUT2D eigenvalue weighted by Crippen LogP contribution is -2.00. The first-order valence-corrected chi connectivity index (χ1v) is 6.56. The number of nitrogens with two attached hydrogens (primary N) is 1. The Morgan fingerprint density at radius 3 is 2.45 bits per heavy atom. The molecule has 0 unspecified atom stereocenters. The highest BCUT2D eigenvalue weighted by molar-refractivity contribution is 5.83. The van der Waals surface area contributed by atoms with E-state index in [0.717, 1.165) is 5.56 Å². The average Bonchev–Trinajstić information content (AvgIpc) is 2.56. The summed E-state index contributed by atoms with van der Waals surface area (Å²) in [6.45, 7) is 0. The van der Waals surface area contributed by atoms with Gasteiger partial charge in [0, 0.05) is 23.5 Å². The minimum Gasteiger partial charge on any atom is -0.383 e. The second kappa shape index (κ2) is 5.62. The summed E-state index contributed by atoms with van der Waals surface area (Å²) < 4.78 is 14.1. The Morgan fingerprint density at radius 2 is 1.77 bits per heavy atom. The van der Waals surface area contributed by atoms with Gasteiger partial charge in [-0.2, -0.15) is 5.26 Å². The van der Waals surface area contributed by atoms with Gasteiger partial charge in [0.2, 0.25) is 0 Å². The van der Waals surface area contributed by atoms with E-state index in [4.69, 9.17) is 11.0 Å². The van der Waals surface area contributed by atoms with E-state index in [-0.39, 0.29) is 11.4 Å². The Morgan fingerprint density at radius 1 is 1.05 bits per heavy atom. The van der Waals surface area contributed by atoms with E-state index in [1.165, 1.54) is 6.07 Å². The first kappa shape index (κ1) is 13.7. The molecule has 5 heteroatoms. The molecule has 2 heterocycles. The van der Waals surface area contributed by atoms with Gasteiger partial charge in [-0.15, -0.1) is 0 Å². The van der Waals surface area contributed by atoms with Gasteiger partial charge in [-0.3, -0.25) is 4.98 Å². The van der Waals surface area contributed by atoms with E-state index >= 15 is 0 Å². The smallest absolute Gasteiger partial charge is 0.142 e. The Labute approximate surface area is 126 Å². The molecule has 0 aliphatic rings. The van der Waals surface area contributed by atoms with Gasteiger partial charge in [0.05, 0.1) is 11.3 Å². The molecule has 0 saturated carbocycles. The minimum atomic E-state index is -0.394. The van der Waals surface area contributed by atoms with Gasteiger partial charge in [-0.05, 0) is 35.9 Å². The molecule has 2 N–H and O–H groups in total. The maximum Gasteiger partial charge on any atom is 0.142 e. The molecular formula is C17H11FN4. The molecule has 0 bridgehead atoms. The molecule has 0 aliphatic heterocycles. The molecule has 2 aromatic heterocycles. The Kier molecular flexibility index (Phi) is 3.50. The van der Waals surface area contributed by atoms with Crippen molar-refractivity contribution >= 4 is 5.82 Å². The third-order valence-electron chi connectivity index (χ3n) is 3.29. The lowest BCUT2D eigenvalue weighted by atomic mass is 9.98. The summed E-state index contributed by atoms with van der Waals surface area (Å²) in [6, 6.07) is 13.5. The molecule has 0 fully saturated rings. The first-order chi connectivity index (χ1) is 10.7. The number of aromatic nitrogens is 2. The van der Waals surface area contributed by atoms with E-state index in [2.05, 4.69) is 9.97 Å². The molecule has 0 spiro atoms. The van der Waals surface area contributed by atoms with Crippen LogP contribution in [0.3, 0.4) is 0 Å². The average molecular weight is 290 g/mol. The van der Waals surface area contributed by atoms with E-state index in [1.807, 2.05) is 6.07 Å². The van der Waals surface area contributed by atoms with Crippen molar-refractivity contribution in [3.8, 4) is 28.5 Å². The molecule has 1 aromatic carbocycles. The number of pyridine rings is 2. The number of nitrogens with zero attached hydrogens (tertiary/aromatic N) is 3. The summed E-state index contributed by atoms with van der Waals surface area (Å²) in [4.78, 5) is 8.21. The second-order valence-electron chi connectivity index (χ2n) is 4.64. The molecule has 0 atom stereocenters. The molecule has 3 aromatic rings. The lowest BCUT2D eigenvalue weighted by Gasteiger charge is -2.12. The quantitative estimate of drug-likeness (QED) is 0.784. The topological polar surface area (TPSA) is 75.6 Å². The Bertz CT molecular complexity index is 870. The molecule has 0 amide bonds. The number of hydrogen-bond donors (Lipinski definition) is 1. The molecule has 0 aliphatic carbocycles. The van der Waals surface area contributed by atoms with Crippen molar-refractivity contribution < 1.29 is 4.39 Å². The van der Waals surface area contributed by atoms with Gasteiger partial charge in [0.1, 0.15) is 17.7 Å². The zero-order valence-corrected chi connectivity index (χ0v) is 11.5. The van der Waals surface area contributed by atoms with Crippen molar-refractivity contribution in [1.82, 2.24) is 9.97 Å². The van der Waals surface area contributed by atoms with Crippen LogP contribution in [0.25, 0.3) is 22.4 Å². The van der Waals surface area contributed by atoms with Crippen LogP contribution in [0.4, 0.5) is 10.2 Å². The van der Waals surface area contributed by atoms with Crippen LogP contribution in [-0.4, -0.2) is 9.97 Å². The van der Waals surface area contributed by atoms with Gasteiger partial charge in [-0.1, -0.05) is 12.1 Å². The molecule has 4 nitrogen and oxygen atoms in total. The lowest BCUT2D eigenvalue weighted by molar-refractivity contribution is 0.631. The largest absolute Gasteiger partial charge is 0.383 e. The predicted octanol–water partition coefficient (Wildman–Crippen LogP) is 3.40. The van der Waals surface area contributed by atoms with Crippen molar-refractivity contribution in [3.05, 3.63) is 66.2 Å². The first-order valence-electron chi connectivity index (χ1n) is 6.56. The summed E-state index contributed by atoms with van der Waals surface area (Å²) >= 11 is 0. The van der Waals surface area contributed by atoms with Gasteiger partial charge < -0.3 is 5.73 Å². The molecular weight excluding hydrogens is 279 g/mol. The van der Waals surface area contributed by atoms with Crippen LogP contribution in [0.5, 0.6) is 0 Å². The summed E-state index contributed by atoms with van der Waals surface area (Å²) in [5.74, 6) is -0.312. The zero-order chi connectivity index (χ0) is 15.5. The fourth-order valence-electron chi connectivity index (χ4n) is 2.23. The summed E-state index contributed by atoms with van der Waals surface area (Å²) in [5.41, 5.74) is 8.22.